The van der Waals surface area contributed by atoms with E-state index in [9.17, 15) is 28.8 Å². The van der Waals surface area contributed by atoms with Crippen molar-refractivity contribution in [1.82, 2.24) is 10.6 Å². The number of carboxylic acid groups (broad SMARTS) is 1. The van der Waals surface area contributed by atoms with Crippen LogP contribution in [0.2, 0.25) is 0 Å². The SMILES string of the molecule is CC(=O)NC1C(CNC(=O)CCC(=O)O)OC(COC(C)=O)C(OC(C)=O)C1OC(C)=O. The molecule has 5 unspecified atom stereocenters. The Morgan fingerprint density at radius 3 is 1.94 bits per heavy atom. The normalized spacial score (nSPS) is 24.6. The molecular weight excluding hydrogens is 432 g/mol. The van der Waals surface area contributed by atoms with Gasteiger partial charge in [-0.1, -0.05) is 0 Å². The molecule has 0 bridgehead atoms. The van der Waals surface area contributed by atoms with Gasteiger partial charge in [0.15, 0.2) is 12.2 Å². The summed E-state index contributed by atoms with van der Waals surface area (Å²) in [5, 5.41) is 13.8. The van der Waals surface area contributed by atoms with Gasteiger partial charge in [0, 0.05) is 40.7 Å². The van der Waals surface area contributed by atoms with Crippen LogP contribution < -0.4 is 10.6 Å². The van der Waals surface area contributed by atoms with E-state index in [1.807, 2.05) is 0 Å². The number of nitrogens with one attached hydrogen (secondary N) is 2. The van der Waals surface area contributed by atoms with Gasteiger partial charge in [-0.15, -0.1) is 0 Å². The van der Waals surface area contributed by atoms with E-state index in [1.54, 1.807) is 0 Å². The van der Waals surface area contributed by atoms with Gasteiger partial charge in [-0.3, -0.25) is 28.8 Å². The second-order valence-electron chi connectivity index (χ2n) is 7.09. The predicted molar refractivity (Wildman–Crippen MR) is 104 cm³/mol. The molecule has 13 heteroatoms. The van der Waals surface area contributed by atoms with Gasteiger partial charge in [0.05, 0.1) is 18.6 Å². The van der Waals surface area contributed by atoms with E-state index in [-0.39, 0.29) is 26.0 Å². The zero-order valence-electron chi connectivity index (χ0n) is 18.2. The zero-order valence-corrected chi connectivity index (χ0v) is 18.2. The molecule has 0 aromatic heterocycles. The average molecular weight is 460 g/mol. The summed E-state index contributed by atoms with van der Waals surface area (Å²) < 4.78 is 21.4. The fourth-order valence-electron chi connectivity index (χ4n) is 3.12. The van der Waals surface area contributed by atoms with Crippen molar-refractivity contribution in [1.29, 1.82) is 0 Å². The maximum Gasteiger partial charge on any atom is 0.303 e. The number of ether oxygens (including phenoxy) is 4. The molecule has 1 aliphatic rings. The minimum absolute atomic E-state index is 0.204. The second kappa shape index (κ2) is 12.6. The van der Waals surface area contributed by atoms with Crippen LogP contribution in [-0.4, -0.2) is 84.4 Å². The summed E-state index contributed by atoms with van der Waals surface area (Å²) in [7, 11) is 0. The summed E-state index contributed by atoms with van der Waals surface area (Å²) in [6, 6.07) is -1.05. The van der Waals surface area contributed by atoms with E-state index in [1.165, 1.54) is 6.92 Å². The summed E-state index contributed by atoms with van der Waals surface area (Å²) >= 11 is 0. The minimum Gasteiger partial charge on any atom is -0.481 e. The molecular formula is C19H28N2O11. The van der Waals surface area contributed by atoms with Gasteiger partial charge >= 0.3 is 23.9 Å². The molecule has 0 saturated carbocycles. The lowest BCUT2D eigenvalue weighted by Crippen LogP contribution is -2.67. The van der Waals surface area contributed by atoms with Crippen LogP contribution in [0.5, 0.6) is 0 Å². The van der Waals surface area contributed by atoms with Gasteiger partial charge in [-0.05, 0) is 0 Å². The highest BCUT2D eigenvalue weighted by atomic mass is 16.6. The molecule has 5 atom stereocenters. The minimum atomic E-state index is -1.23. The standard InChI is InChI=1S/C19H28N2O11/c1-9(22)21-17-13(7-20-15(26)5-6-16(27)28)32-14(8-29-10(2)23)18(30-11(3)24)19(17)31-12(4)25/h13-14,17-19H,5-8H2,1-4H3,(H,20,26)(H,21,22)(H,27,28). The van der Waals surface area contributed by atoms with E-state index in [2.05, 4.69) is 10.6 Å². The van der Waals surface area contributed by atoms with E-state index in [0.717, 1.165) is 20.8 Å². The maximum atomic E-state index is 11.9. The highest BCUT2D eigenvalue weighted by molar-refractivity contribution is 5.80. The largest absolute Gasteiger partial charge is 0.481 e. The van der Waals surface area contributed by atoms with E-state index in [0.29, 0.717) is 0 Å². The average Bonchev–Trinajstić information content (AvgIpc) is 2.65. The van der Waals surface area contributed by atoms with Crippen molar-refractivity contribution in [3.05, 3.63) is 0 Å². The molecule has 32 heavy (non-hydrogen) atoms. The number of rotatable bonds is 10. The van der Waals surface area contributed by atoms with Gasteiger partial charge in [-0.2, -0.15) is 0 Å². The molecule has 1 rings (SSSR count). The van der Waals surface area contributed by atoms with Crippen molar-refractivity contribution in [2.24, 2.45) is 0 Å². The molecule has 0 aromatic carbocycles. The number of amides is 2. The van der Waals surface area contributed by atoms with Gasteiger partial charge in [0.1, 0.15) is 12.7 Å². The lowest BCUT2D eigenvalue weighted by atomic mass is 9.91. The van der Waals surface area contributed by atoms with Gasteiger partial charge in [-0.25, -0.2) is 0 Å². The molecule has 13 nitrogen and oxygen atoms in total. The van der Waals surface area contributed by atoms with Crippen molar-refractivity contribution in [2.75, 3.05) is 13.2 Å². The molecule has 3 N–H and O–H groups in total. The fraction of sp³-hybridized carbons (Fsp3) is 0.684. The van der Waals surface area contributed by atoms with Crippen LogP contribution in [0.4, 0.5) is 0 Å². The highest BCUT2D eigenvalue weighted by Gasteiger charge is 2.50. The maximum absolute atomic E-state index is 11.9. The monoisotopic (exact) mass is 460 g/mol. The van der Waals surface area contributed by atoms with Crippen LogP contribution in [0.15, 0.2) is 0 Å². The first kappa shape index (κ1) is 26.8. The second-order valence-corrected chi connectivity index (χ2v) is 7.09. The Labute approximate surface area is 184 Å². The lowest BCUT2D eigenvalue weighted by molar-refractivity contribution is -0.222. The summed E-state index contributed by atoms with van der Waals surface area (Å²) in [5.74, 6) is -4.35. The number of carbonyl (C=O) groups is 6. The summed E-state index contributed by atoms with van der Waals surface area (Å²) in [6.45, 7) is 4.04. The third-order valence-electron chi connectivity index (χ3n) is 4.29. The van der Waals surface area contributed by atoms with Crippen LogP contribution in [0.1, 0.15) is 40.5 Å². The molecule has 1 aliphatic heterocycles. The molecule has 0 radical (unpaired) electrons. The Hall–Kier alpha value is -3.22. The van der Waals surface area contributed by atoms with Crippen molar-refractivity contribution in [2.45, 2.75) is 71.0 Å². The molecule has 0 spiro atoms. The molecule has 1 fully saturated rings. The third kappa shape index (κ3) is 9.29. The van der Waals surface area contributed by atoms with Crippen molar-refractivity contribution >= 4 is 35.7 Å². The molecule has 0 aromatic rings. The topological polar surface area (TPSA) is 184 Å². The number of aliphatic carboxylic acids is 1. The van der Waals surface area contributed by atoms with Crippen molar-refractivity contribution in [3.63, 3.8) is 0 Å². The lowest BCUT2D eigenvalue weighted by Gasteiger charge is -2.45. The summed E-state index contributed by atoms with van der Waals surface area (Å²) in [5.41, 5.74) is 0. The molecule has 0 aliphatic carbocycles. The molecule has 2 amide bonds. The van der Waals surface area contributed by atoms with Crippen LogP contribution in [0.3, 0.4) is 0 Å². The zero-order chi connectivity index (χ0) is 24.4. The number of carboxylic acids is 1. The van der Waals surface area contributed by atoms with E-state index in [4.69, 9.17) is 24.1 Å². The van der Waals surface area contributed by atoms with Gasteiger partial charge in [0.25, 0.3) is 0 Å². The fourth-order valence-corrected chi connectivity index (χ4v) is 3.12. The summed E-state index contributed by atoms with van der Waals surface area (Å²) in [6.07, 6.45) is -5.20. The van der Waals surface area contributed by atoms with Crippen LogP contribution in [0, 0.1) is 0 Å². The Morgan fingerprint density at radius 1 is 0.844 bits per heavy atom. The number of hydrogen-bond acceptors (Lipinski definition) is 10. The Morgan fingerprint density at radius 2 is 1.44 bits per heavy atom. The van der Waals surface area contributed by atoms with E-state index >= 15 is 0 Å². The van der Waals surface area contributed by atoms with Gasteiger partial charge < -0.3 is 34.7 Å². The van der Waals surface area contributed by atoms with Crippen LogP contribution in [0.25, 0.3) is 0 Å². The smallest absolute Gasteiger partial charge is 0.303 e. The first-order chi connectivity index (χ1) is 14.9. The highest BCUT2D eigenvalue weighted by Crippen LogP contribution is 2.27. The number of hydrogen-bond donors (Lipinski definition) is 3. The Balaban J connectivity index is 3.19. The number of esters is 3. The third-order valence-corrected chi connectivity index (χ3v) is 4.29. The molecule has 180 valence electrons. The number of carbonyl (C=O) groups excluding carboxylic acids is 5. The van der Waals surface area contributed by atoms with E-state index < -0.39 is 66.1 Å². The summed E-state index contributed by atoms with van der Waals surface area (Å²) in [4.78, 5) is 69.1. The quantitative estimate of drug-likeness (QED) is 0.259. The Kier molecular flexibility index (Phi) is 10.5. The van der Waals surface area contributed by atoms with Crippen LogP contribution in [-0.2, 0) is 47.7 Å². The van der Waals surface area contributed by atoms with Gasteiger partial charge in [0.2, 0.25) is 11.8 Å². The predicted octanol–water partition coefficient (Wildman–Crippen LogP) is -1.33. The van der Waals surface area contributed by atoms with Crippen molar-refractivity contribution in [3.8, 4) is 0 Å². The first-order valence-electron chi connectivity index (χ1n) is 9.79. The van der Waals surface area contributed by atoms with Crippen molar-refractivity contribution < 1.29 is 52.8 Å². The molecule has 1 saturated heterocycles. The van der Waals surface area contributed by atoms with Crippen LogP contribution >= 0.6 is 0 Å². The Bertz CT molecular complexity index is 739. The first-order valence-corrected chi connectivity index (χ1v) is 9.79. The molecule has 1 heterocycles.